The maximum Gasteiger partial charge on any atom is 0.267 e. The molecule has 0 amide bonds. The van der Waals surface area contributed by atoms with E-state index < -0.39 is 32.4 Å². The molecule has 0 bridgehead atoms. The minimum absolute atomic E-state index is 0.0182. The molecule has 4 nitrogen and oxygen atoms in total. The van der Waals surface area contributed by atoms with Crippen LogP contribution in [0.15, 0.2) is 41.3 Å². The molecule has 0 heterocycles. The van der Waals surface area contributed by atoms with Gasteiger partial charge in [-0.1, -0.05) is 12.1 Å². The van der Waals surface area contributed by atoms with E-state index in [1.165, 1.54) is 24.3 Å². The van der Waals surface area contributed by atoms with Gasteiger partial charge in [-0.15, -0.1) is 0 Å². The fourth-order valence-corrected chi connectivity index (χ4v) is 2.90. The summed E-state index contributed by atoms with van der Waals surface area (Å²) in [7, 11) is -4.56. The van der Waals surface area contributed by atoms with Gasteiger partial charge in [0.1, 0.15) is 17.5 Å². The van der Waals surface area contributed by atoms with Crippen LogP contribution in [0.4, 0.5) is 18.9 Å². The van der Waals surface area contributed by atoms with E-state index in [9.17, 15) is 21.6 Å². The first kappa shape index (κ1) is 15.3. The van der Waals surface area contributed by atoms with E-state index in [0.717, 1.165) is 0 Å². The number of sulfonamides is 1. The summed E-state index contributed by atoms with van der Waals surface area (Å²) in [5.74, 6) is -4.28. The first-order chi connectivity index (χ1) is 9.83. The number of anilines is 1. The molecule has 0 aliphatic carbocycles. The zero-order chi connectivity index (χ0) is 15.6. The van der Waals surface area contributed by atoms with Crippen molar-refractivity contribution < 1.29 is 26.7 Å². The molecule has 2 N–H and O–H groups in total. The van der Waals surface area contributed by atoms with E-state index in [1.807, 2.05) is 4.72 Å². The summed E-state index contributed by atoms with van der Waals surface area (Å²) in [4.78, 5) is -1.27. The van der Waals surface area contributed by atoms with Gasteiger partial charge in [0.05, 0.1) is 6.61 Å². The molecule has 8 heteroatoms. The van der Waals surface area contributed by atoms with Crippen LogP contribution < -0.4 is 4.72 Å². The average molecular weight is 317 g/mol. The maximum atomic E-state index is 13.5. The van der Waals surface area contributed by atoms with Crippen molar-refractivity contribution in [3.8, 4) is 0 Å². The summed E-state index contributed by atoms with van der Waals surface area (Å²) in [6.07, 6.45) is 0. The van der Waals surface area contributed by atoms with Crippen LogP contribution in [-0.4, -0.2) is 13.5 Å². The van der Waals surface area contributed by atoms with Gasteiger partial charge in [0, 0.05) is 17.8 Å². The van der Waals surface area contributed by atoms with E-state index in [-0.39, 0.29) is 24.4 Å². The molecule has 0 aliphatic rings. The molecule has 0 atom stereocenters. The second-order valence-electron chi connectivity index (χ2n) is 4.16. The highest BCUT2D eigenvalue weighted by Gasteiger charge is 2.25. The fraction of sp³-hybridized carbons (Fsp3) is 0.0769. The summed E-state index contributed by atoms with van der Waals surface area (Å²) >= 11 is 0. The first-order valence-corrected chi connectivity index (χ1v) is 7.19. The second-order valence-corrected chi connectivity index (χ2v) is 5.78. The highest BCUT2D eigenvalue weighted by atomic mass is 32.2. The van der Waals surface area contributed by atoms with Gasteiger partial charge < -0.3 is 5.11 Å². The van der Waals surface area contributed by atoms with Crippen LogP contribution in [0.3, 0.4) is 0 Å². The van der Waals surface area contributed by atoms with Crippen molar-refractivity contribution in [3.05, 3.63) is 59.4 Å². The second kappa shape index (κ2) is 5.74. The molecule has 112 valence electrons. The molecule has 2 rings (SSSR count). The number of rotatable bonds is 4. The van der Waals surface area contributed by atoms with Gasteiger partial charge in [-0.2, -0.15) is 0 Å². The van der Waals surface area contributed by atoms with Crippen LogP contribution in [0.5, 0.6) is 0 Å². The molecule has 0 saturated carbocycles. The summed E-state index contributed by atoms with van der Waals surface area (Å²) in [6, 6.07) is 6.20. The van der Waals surface area contributed by atoms with Gasteiger partial charge in [-0.3, -0.25) is 4.72 Å². The molecule has 2 aromatic carbocycles. The Bertz CT molecular complexity index is 755. The lowest BCUT2D eigenvalue weighted by Crippen LogP contribution is -2.17. The number of halogens is 3. The Morgan fingerprint density at radius 3 is 2.24 bits per heavy atom. The first-order valence-electron chi connectivity index (χ1n) is 5.70. The van der Waals surface area contributed by atoms with Crippen molar-refractivity contribution in [2.75, 3.05) is 4.72 Å². The van der Waals surface area contributed by atoms with E-state index in [0.29, 0.717) is 5.56 Å². The van der Waals surface area contributed by atoms with Crippen LogP contribution in [0.25, 0.3) is 0 Å². The molecule has 0 unspecified atom stereocenters. The van der Waals surface area contributed by atoms with Gasteiger partial charge in [0.25, 0.3) is 10.0 Å². The van der Waals surface area contributed by atoms with Crippen molar-refractivity contribution in [3.63, 3.8) is 0 Å². The van der Waals surface area contributed by atoms with Gasteiger partial charge >= 0.3 is 0 Å². The summed E-state index contributed by atoms with van der Waals surface area (Å²) < 4.78 is 65.8. The lowest BCUT2D eigenvalue weighted by atomic mass is 10.2. The molecule has 0 radical (unpaired) electrons. The summed E-state index contributed by atoms with van der Waals surface area (Å²) in [6.45, 7) is -0.325. The molecule has 0 saturated heterocycles. The Hall–Kier alpha value is -2.06. The molecular formula is C13H10F3NO3S. The Morgan fingerprint density at radius 2 is 1.67 bits per heavy atom. The van der Waals surface area contributed by atoms with E-state index in [2.05, 4.69) is 0 Å². The summed E-state index contributed by atoms with van der Waals surface area (Å²) in [5.41, 5.74) is 0.430. The quantitative estimate of drug-likeness (QED) is 0.910. The van der Waals surface area contributed by atoms with Crippen molar-refractivity contribution in [1.82, 2.24) is 0 Å². The van der Waals surface area contributed by atoms with Crippen molar-refractivity contribution in [1.29, 1.82) is 0 Å². The van der Waals surface area contributed by atoms with Crippen LogP contribution in [-0.2, 0) is 16.6 Å². The van der Waals surface area contributed by atoms with Crippen LogP contribution >= 0.6 is 0 Å². The predicted octanol–water partition coefficient (Wildman–Crippen LogP) is 2.40. The van der Waals surface area contributed by atoms with Crippen molar-refractivity contribution in [2.45, 2.75) is 11.5 Å². The third kappa shape index (κ3) is 3.34. The highest BCUT2D eigenvalue weighted by molar-refractivity contribution is 7.92. The number of hydrogen-bond acceptors (Lipinski definition) is 3. The number of aliphatic hydroxyl groups is 1. The van der Waals surface area contributed by atoms with Gasteiger partial charge in [-0.25, -0.2) is 21.6 Å². The number of benzene rings is 2. The minimum atomic E-state index is -4.56. The molecule has 2 aromatic rings. The topological polar surface area (TPSA) is 66.4 Å². The van der Waals surface area contributed by atoms with Crippen LogP contribution in [0.2, 0.25) is 0 Å². The third-order valence-electron chi connectivity index (χ3n) is 2.59. The lowest BCUT2D eigenvalue weighted by molar-refractivity contribution is 0.282. The molecular weight excluding hydrogens is 307 g/mol. The van der Waals surface area contributed by atoms with Crippen LogP contribution in [0, 0.1) is 17.5 Å². The summed E-state index contributed by atoms with van der Waals surface area (Å²) in [5, 5.41) is 8.96. The average Bonchev–Trinajstić information content (AvgIpc) is 2.36. The number of nitrogens with one attached hydrogen (secondary N) is 1. The van der Waals surface area contributed by atoms with Gasteiger partial charge in [0.2, 0.25) is 0 Å². The monoisotopic (exact) mass is 317 g/mol. The Labute approximate surface area is 118 Å². The van der Waals surface area contributed by atoms with Crippen molar-refractivity contribution >= 4 is 15.7 Å². The molecule has 0 aliphatic heterocycles. The Kier molecular flexibility index (Phi) is 4.19. The Morgan fingerprint density at radius 1 is 1.05 bits per heavy atom. The van der Waals surface area contributed by atoms with Gasteiger partial charge in [0.15, 0.2) is 4.90 Å². The molecule has 0 spiro atoms. The van der Waals surface area contributed by atoms with E-state index in [1.54, 1.807) is 0 Å². The number of aliphatic hydroxyl groups excluding tert-OH is 1. The molecule has 0 fully saturated rings. The smallest absolute Gasteiger partial charge is 0.267 e. The normalized spacial score (nSPS) is 11.4. The molecule has 21 heavy (non-hydrogen) atoms. The minimum Gasteiger partial charge on any atom is -0.392 e. The molecule has 0 aromatic heterocycles. The lowest BCUT2D eigenvalue weighted by Gasteiger charge is -2.10. The van der Waals surface area contributed by atoms with E-state index >= 15 is 0 Å². The largest absolute Gasteiger partial charge is 0.392 e. The Balaban J connectivity index is 2.43. The van der Waals surface area contributed by atoms with Crippen LogP contribution in [0.1, 0.15) is 5.56 Å². The zero-order valence-corrected chi connectivity index (χ0v) is 11.3. The SMILES string of the molecule is O=S(=O)(Nc1cccc(CO)c1)c1c(F)cc(F)cc1F. The maximum absolute atomic E-state index is 13.5. The van der Waals surface area contributed by atoms with Gasteiger partial charge in [-0.05, 0) is 17.7 Å². The zero-order valence-electron chi connectivity index (χ0n) is 10.5. The van der Waals surface area contributed by atoms with Crippen molar-refractivity contribution in [2.24, 2.45) is 0 Å². The predicted molar refractivity (Wildman–Crippen MR) is 69.5 cm³/mol. The standard InChI is InChI=1S/C13H10F3NO3S/c14-9-5-11(15)13(12(16)6-9)21(19,20)17-10-3-1-2-8(4-10)7-18/h1-6,17-18H,7H2. The highest BCUT2D eigenvalue weighted by Crippen LogP contribution is 2.23. The van der Waals surface area contributed by atoms with E-state index in [4.69, 9.17) is 5.11 Å². The fourth-order valence-electron chi connectivity index (χ4n) is 1.73. The number of hydrogen-bond donors (Lipinski definition) is 2. The third-order valence-corrected chi connectivity index (χ3v) is 4.03.